The van der Waals surface area contributed by atoms with E-state index in [2.05, 4.69) is 43.2 Å². The van der Waals surface area contributed by atoms with E-state index < -0.39 is 6.04 Å². The first-order valence-electron chi connectivity index (χ1n) is 8.67. The van der Waals surface area contributed by atoms with Crippen molar-refractivity contribution < 1.29 is 9.59 Å². The molecule has 0 spiro atoms. The van der Waals surface area contributed by atoms with Crippen LogP contribution in [0.3, 0.4) is 0 Å². The number of benzene rings is 1. The van der Waals surface area contributed by atoms with Crippen LogP contribution in [0.25, 0.3) is 11.3 Å². The van der Waals surface area contributed by atoms with Gasteiger partial charge in [0, 0.05) is 23.1 Å². The van der Waals surface area contributed by atoms with Crippen molar-refractivity contribution in [2.75, 3.05) is 11.1 Å². The number of anilines is 1. The molecular formula is C19H21N3O2S2. The van der Waals surface area contributed by atoms with Gasteiger partial charge in [0.15, 0.2) is 5.13 Å². The maximum Gasteiger partial charge on any atom is 0.249 e. The largest absolute Gasteiger partial charge is 0.315 e. The van der Waals surface area contributed by atoms with Crippen LogP contribution in [0.2, 0.25) is 0 Å². The predicted octanol–water partition coefficient (Wildman–Crippen LogP) is 3.82. The number of aryl methyl sites for hydroxylation is 2. The SMILES string of the molecule is Cc1ccc(-c2csc(NC(=O)[C@@H]3CS[C@@]4(C)CCC(=O)N34)n2)cc1C. The first kappa shape index (κ1) is 17.5. The van der Waals surface area contributed by atoms with Crippen molar-refractivity contribution in [3.63, 3.8) is 0 Å². The van der Waals surface area contributed by atoms with E-state index in [0.29, 0.717) is 17.3 Å². The van der Waals surface area contributed by atoms with Gasteiger partial charge in [-0.1, -0.05) is 12.1 Å². The smallest absolute Gasteiger partial charge is 0.249 e. The molecule has 0 saturated carbocycles. The van der Waals surface area contributed by atoms with Gasteiger partial charge in [-0.3, -0.25) is 9.59 Å². The zero-order valence-corrected chi connectivity index (χ0v) is 16.7. The maximum atomic E-state index is 12.7. The van der Waals surface area contributed by atoms with Crippen LogP contribution in [0.4, 0.5) is 5.13 Å². The summed E-state index contributed by atoms with van der Waals surface area (Å²) in [5.41, 5.74) is 4.37. The molecular weight excluding hydrogens is 366 g/mol. The van der Waals surface area contributed by atoms with Crippen LogP contribution < -0.4 is 5.32 Å². The Morgan fingerprint density at radius 1 is 1.35 bits per heavy atom. The monoisotopic (exact) mass is 387 g/mol. The summed E-state index contributed by atoms with van der Waals surface area (Å²) < 4.78 is 0. The van der Waals surface area contributed by atoms with Gasteiger partial charge in [-0.15, -0.1) is 23.1 Å². The highest BCUT2D eigenvalue weighted by Gasteiger charge is 2.52. The summed E-state index contributed by atoms with van der Waals surface area (Å²) in [5, 5.41) is 5.44. The first-order chi connectivity index (χ1) is 12.4. The van der Waals surface area contributed by atoms with Gasteiger partial charge >= 0.3 is 0 Å². The molecule has 5 nitrogen and oxygen atoms in total. The Balaban J connectivity index is 1.50. The predicted molar refractivity (Wildman–Crippen MR) is 106 cm³/mol. The van der Waals surface area contributed by atoms with E-state index in [-0.39, 0.29) is 16.7 Å². The van der Waals surface area contributed by atoms with Crippen LogP contribution in [0.15, 0.2) is 23.6 Å². The second kappa shape index (κ2) is 6.39. The van der Waals surface area contributed by atoms with Crippen LogP contribution in [0.1, 0.15) is 30.9 Å². The topological polar surface area (TPSA) is 62.3 Å². The number of hydrogen-bond acceptors (Lipinski definition) is 5. The zero-order valence-electron chi connectivity index (χ0n) is 15.0. The standard InChI is InChI=1S/C19H21N3O2S2/c1-11-4-5-13(8-12(11)2)14-9-25-18(20-14)21-17(24)15-10-26-19(3)7-6-16(23)22(15)19/h4-5,8-9,15H,6-7,10H2,1-3H3,(H,20,21,24)/t15-,19-/m0/s1. The van der Waals surface area contributed by atoms with Gasteiger partial charge in [0.1, 0.15) is 6.04 Å². The van der Waals surface area contributed by atoms with E-state index in [1.165, 1.54) is 22.5 Å². The first-order valence-corrected chi connectivity index (χ1v) is 10.5. The van der Waals surface area contributed by atoms with Crippen molar-refractivity contribution in [2.45, 2.75) is 44.5 Å². The van der Waals surface area contributed by atoms with Crippen LogP contribution in [0.5, 0.6) is 0 Å². The van der Waals surface area contributed by atoms with E-state index in [4.69, 9.17) is 0 Å². The third kappa shape index (κ3) is 2.93. The number of amides is 2. The molecule has 0 bridgehead atoms. The fourth-order valence-corrected chi connectivity index (χ4v) is 5.72. The van der Waals surface area contributed by atoms with E-state index >= 15 is 0 Å². The highest BCUT2D eigenvalue weighted by atomic mass is 32.2. The molecule has 2 aliphatic rings. The summed E-state index contributed by atoms with van der Waals surface area (Å²) in [7, 11) is 0. The average Bonchev–Trinajstić information content (AvgIpc) is 3.27. The number of thioether (sulfide) groups is 1. The molecule has 2 fully saturated rings. The highest BCUT2D eigenvalue weighted by molar-refractivity contribution is 8.01. The molecule has 1 aromatic carbocycles. The van der Waals surface area contributed by atoms with Crippen molar-refractivity contribution in [1.29, 1.82) is 0 Å². The third-order valence-electron chi connectivity index (χ3n) is 5.28. The lowest BCUT2D eigenvalue weighted by Crippen LogP contribution is -2.48. The number of nitrogens with one attached hydrogen (secondary N) is 1. The van der Waals surface area contributed by atoms with E-state index in [0.717, 1.165) is 17.7 Å². The summed E-state index contributed by atoms with van der Waals surface area (Å²) in [6.45, 7) is 6.21. The average molecular weight is 388 g/mol. The number of thiazole rings is 1. The van der Waals surface area contributed by atoms with Crippen LogP contribution in [-0.2, 0) is 9.59 Å². The number of nitrogens with zero attached hydrogens (tertiary/aromatic N) is 2. The lowest BCUT2D eigenvalue weighted by atomic mass is 10.1. The van der Waals surface area contributed by atoms with Crippen molar-refractivity contribution in [2.24, 2.45) is 0 Å². The Kier molecular flexibility index (Phi) is 4.31. The minimum atomic E-state index is -0.408. The van der Waals surface area contributed by atoms with Crippen LogP contribution in [-0.4, -0.2) is 38.4 Å². The minimum absolute atomic E-state index is 0.0765. The number of carbonyl (C=O) groups excluding carboxylic acids is 2. The number of rotatable bonds is 3. The maximum absolute atomic E-state index is 12.7. The van der Waals surface area contributed by atoms with Crippen LogP contribution >= 0.6 is 23.1 Å². The molecule has 2 atom stereocenters. The minimum Gasteiger partial charge on any atom is -0.315 e. The van der Waals surface area contributed by atoms with Gasteiger partial charge in [0.05, 0.1) is 10.6 Å². The van der Waals surface area contributed by atoms with E-state index in [1.54, 1.807) is 16.7 Å². The molecule has 26 heavy (non-hydrogen) atoms. The molecule has 7 heteroatoms. The van der Waals surface area contributed by atoms with Crippen molar-refractivity contribution >= 4 is 40.0 Å². The Morgan fingerprint density at radius 3 is 2.92 bits per heavy atom. The van der Waals surface area contributed by atoms with Crippen molar-refractivity contribution in [3.05, 3.63) is 34.7 Å². The Morgan fingerprint density at radius 2 is 2.15 bits per heavy atom. The molecule has 3 heterocycles. The van der Waals surface area contributed by atoms with Crippen LogP contribution in [0, 0.1) is 13.8 Å². The van der Waals surface area contributed by atoms with Crippen molar-refractivity contribution in [1.82, 2.24) is 9.88 Å². The summed E-state index contributed by atoms with van der Waals surface area (Å²) >= 11 is 3.11. The molecule has 0 radical (unpaired) electrons. The lowest BCUT2D eigenvalue weighted by molar-refractivity contribution is -0.135. The number of fused-ring (bicyclic) bond motifs is 1. The molecule has 4 rings (SSSR count). The summed E-state index contributed by atoms with van der Waals surface area (Å²) in [5.74, 6) is 0.578. The van der Waals surface area contributed by atoms with Gasteiger partial charge in [0.25, 0.3) is 0 Å². The van der Waals surface area contributed by atoms with Gasteiger partial charge in [-0.2, -0.15) is 0 Å². The number of aromatic nitrogens is 1. The number of carbonyl (C=O) groups is 2. The third-order valence-corrected chi connectivity index (χ3v) is 7.55. The lowest BCUT2D eigenvalue weighted by Gasteiger charge is -2.29. The fraction of sp³-hybridized carbons (Fsp3) is 0.421. The molecule has 2 aromatic rings. The number of hydrogen-bond donors (Lipinski definition) is 1. The zero-order chi connectivity index (χ0) is 18.5. The van der Waals surface area contributed by atoms with Gasteiger partial charge in [0.2, 0.25) is 11.8 Å². The summed E-state index contributed by atoms with van der Waals surface area (Å²) in [6, 6.07) is 5.83. The second-order valence-electron chi connectivity index (χ2n) is 7.09. The summed E-state index contributed by atoms with van der Waals surface area (Å²) in [4.78, 5) is 31.0. The second-order valence-corrected chi connectivity index (χ2v) is 9.45. The molecule has 0 unspecified atom stereocenters. The molecule has 2 amide bonds. The molecule has 136 valence electrons. The quantitative estimate of drug-likeness (QED) is 0.870. The van der Waals surface area contributed by atoms with Crippen molar-refractivity contribution in [3.8, 4) is 11.3 Å². The normalized spacial score (nSPS) is 24.8. The molecule has 2 saturated heterocycles. The highest BCUT2D eigenvalue weighted by Crippen LogP contribution is 2.47. The van der Waals surface area contributed by atoms with E-state index in [9.17, 15) is 9.59 Å². The fourth-order valence-electron chi connectivity index (χ4n) is 3.57. The Bertz CT molecular complexity index is 895. The molecule has 1 N–H and O–H groups in total. The molecule has 1 aromatic heterocycles. The Labute approximate surface area is 161 Å². The molecule has 2 aliphatic heterocycles. The summed E-state index contributed by atoms with van der Waals surface area (Å²) in [6.07, 6.45) is 1.34. The molecule has 0 aliphatic carbocycles. The van der Waals surface area contributed by atoms with Gasteiger partial charge < -0.3 is 10.2 Å². The van der Waals surface area contributed by atoms with Gasteiger partial charge in [-0.25, -0.2) is 4.98 Å². The Hall–Kier alpha value is -1.86. The van der Waals surface area contributed by atoms with Gasteiger partial charge in [-0.05, 0) is 44.4 Å². The van der Waals surface area contributed by atoms with E-state index in [1.807, 2.05) is 11.4 Å².